The number of hydrogen-bond donors (Lipinski definition) is 0. The number of nitrogens with zero attached hydrogens (tertiary/aromatic N) is 4. The fourth-order valence-corrected chi connectivity index (χ4v) is 3.40. The molecular weight excluding hydrogens is 312 g/mol. The molecule has 5 nitrogen and oxygen atoms in total. The van der Waals surface area contributed by atoms with E-state index in [-0.39, 0.29) is 5.91 Å². The summed E-state index contributed by atoms with van der Waals surface area (Å²) in [6.45, 7) is 5.60. The van der Waals surface area contributed by atoms with Crippen LogP contribution in [0, 0.1) is 0 Å². The van der Waals surface area contributed by atoms with E-state index in [4.69, 9.17) is 0 Å². The number of benzene rings is 1. The maximum Gasteiger partial charge on any atom is 0.224 e. The van der Waals surface area contributed by atoms with E-state index in [2.05, 4.69) is 40.3 Å². The molecule has 1 aliphatic rings. The molecule has 3 rings (SSSR count). The van der Waals surface area contributed by atoms with E-state index < -0.39 is 0 Å². The van der Waals surface area contributed by atoms with Crippen molar-refractivity contribution >= 4 is 5.91 Å². The second-order valence-electron chi connectivity index (χ2n) is 6.68. The summed E-state index contributed by atoms with van der Waals surface area (Å²) in [4.78, 5) is 17.0. The van der Waals surface area contributed by atoms with Gasteiger partial charge in [-0.1, -0.05) is 30.3 Å². The number of carbonyl (C=O) groups is 1. The van der Waals surface area contributed by atoms with Crippen LogP contribution in [0.4, 0.5) is 0 Å². The maximum absolute atomic E-state index is 12.4. The molecule has 0 saturated carbocycles. The van der Waals surface area contributed by atoms with Crippen LogP contribution in [0.15, 0.2) is 48.8 Å². The first kappa shape index (κ1) is 17.7. The van der Waals surface area contributed by atoms with Gasteiger partial charge < -0.3 is 9.80 Å². The van der Waals surface area contributed by atoms with Crippen LogP contribution in [-0.4, -0.2) is 58.2 Å². The smallest absolute Gasteiger partial charge is 0.224 e. The number of carbonyl (C=O) groups excluding carboxylic acids is 1. The summed E-state index contributed by atoms with van der Waals surface area (Å²) in [6.07, 6.45) is 7.57. The molecule has 2 heterocycles. The Kier molecular flexibility index (Phi) is 6.63. The average Bonchev–Trinajstić information content (AvgIpc) is 3.05. The van der Waals surface area contributed by atoms with Crippen LogP contribution in [0.1, 0.15) is 24.8 Å². The van der Waals surface area contributed by atoms with Crippen molar-refractivity contribution in [2.75, 3.05) is 32.7 Å². The van der Waals surface area contributed by atoms with Crippen molar-refractivity contribution in [3.63, 3.8) is 0 Å². The van der Waals surface area contributed by atoms with E-state index in [1.807, 2.05) is 21.8 Å². The van der Waals surface area contributed by atoms with Crippen LogP contribution >= 0.6 is 0 Å². The van der Waals surface area contributed by atoms with Gasteiger partial charge in [-0.2, -0.15) is 5.10 Å². The minimum Gasteiger partial charge on any atom is -0.341 e. The molecule has 1 aromatic heterocycles. The van der Waals surface area contributed by atoms with E-state index in [0.29, 0.717) is 13.0 Å². The molecule has 0 N–H and O–H groups in total. The molecule has 0 radical (unpaired) electrons. The molecular formula is C20H28N4O. The highest BCUT2D eigenvalue weighted by Gasteiger charge is 2.18. The predicted octanol–water partition coefficient (Wildman–Crippen LogP) is 2.44. The zero-order valence-corrected chi connectivity index (χ0v) is 14.9. The second-order valence-corrected chi connectivity index (χ2v) is 6.68. The number of amides is 1. The Morgan fingerprint density at radius 3 is 2.68 bits per heavy atom. The molecule has 25 heavy (non-hydrogen) atoms. The third-order valence-electron chi connectivity index (χ3n) is 4.84. The van der Waals surface area contributed by atoms with Crippen molar-refractivity contribution in [2.24, 2.45) is 0 Å². The molecule has 2 aromatic rings. The predicted molar refractivity (Wildman–Crippen MR) is 99.2 cm³/mol. The zero-order valence-electron chi connectivity index (χ0n) is 14.9. The topological polar surface area (TPSA) is 41.4 Å². The molecule has 0 aliphatic carbocycles. The quantitative estimate of drug-likeness (QED) is 0.777. The van der Waals surface area contributed by atoms with E-state index >= 15 is 0 Å². The Morgan fingerprint density at radius 1 is 1.00 bits per heavy atom. The number of rotatable bonds is 7. The lowest BCUT2D eigenvalue weighted by molar-refractivity contribution is -0.131. The number of hydrogen-bond acceptors (Lipinski definition) is 3. The van der Waals surface area contributed by atoms with Crippen LogP contribution in [0.25, 0.3) is 0 Å². The third kappa shape index (κ3) is 5.71. The zero-order chi connectivity index (χ0) is 17.3. The molecule has 5 heteroatoms. The van der Waals surface area contributed by atoms with Gasteiger partial charge in [0.2, 0.25) is 5.91 Å². The Bertz CT molecular complexity index is 626. The fraction of sp³-hybridized carbons (Fsp3) is 0.500. The van der Waals surface area contributed by atoms with Gasteiger partial charge >= 0.3 is 0 Å². The van der Waals surface area contributed by atoms with Gasteiger partial charge in [0, 0.05) is 45.0 Å². The van der Waals surface area contributed by atoms with Crippen molar-refractivity contribution in [1.82, 2.24) is 19.6 Å². The molecule has 0 bridgehead atoms. The highest BCUT2D eigenvalue weighted by molar-refractivity contribution is 5.76. The van der Waals surface area contributed by atoms with Gasteiger partial charge in [-0.15, -0.1) is 0 Å². The Balaban J connectivity index is 1.37. The summed E-state index contributed by atoms with van der Waals surface area (Å²) in [5, 5.41) is 4.16. The van der Waals surface area contributed by atoms with E-state index in [1.165, 1.54) is 12.0 Å². The third-order valence-corrected chi connectivity index (χ3v) is 4.84. The van der Waals surface area contributed by atoms with Crippen molar-refractivity contribution < 1.29 is 4.79 Å². The SMILES string of the molecule is O=C(CCn1cccn1)N1CCCN(CCCc2ccccc2)CC1. The highest BCUT2D eigenvalue weighted by atomic mass is 16.2. The Labute approximate surface area is 150 Å². The van der Waals surface area contributed by atoms with E-state index in [0.717, 1.165) is 45.6 Å². The van der Waals surface area contributed by atoms with Crippen LogP contribution in [0.5, 0.6) is 0 Å². The first-order chi connectivity index (χ1) is 12.3. The number of aryl methyl sites for hydroxylation is 2. The van der Waals surface area contributed by atoms with Crippen molar-refractivity contribution in [3.8, 4) is 0 Å². The molecule has 1 aliphatic heterocycles. The summed E-state index contributed by atoms with van der Waals surface area (Å²) >= 11 is 0. The van der Waals surface area contributed by atoms with Crippen molar-refractivity contribution in [3.05, 3.63) is 54.4 Å². The molecule has 0 atom stereocenters. The van der Waals surface area contributed by atoms with Crippen molar-refractivity contribution in [2.45, 2.75) is 32.2 Å². The largest absolute Gasteiger partial charge is 0.341 e. The second kappa shape index (κ2) is 9.37. The normalized spacial score (nSPS) is 15.9. The van der Waals surface area contributed by atoms with E-state index in [9.17, 15) is 4.79 Å². The monoisotopic (exact) mass is 340 g/mol. The minimum absolute atomic E-state index is 0.252. The molecule has 1 fully saturated rings. The van der Waals surface area contributed by atoms with Gasteiger partial charge in [0.1, 0.15) is 0 Å². The summed E-state index contributed by atoms with van der Waals surface area (Å²) < 4.78 is 1.83. The van der Waals surface area contributed by atoms with Crippen LogP contribution in [0.2, 0.25) is 0 Å². The van der Waals surface area contributed by atoms with Gasteiger partial charge in [-0.25, -0.2) is 0 Å². The average molecular weight is 340 g/mol. The molecule has 0 spiro atoms. The molecule has 134 valence electrons. The highest BCUT2D eigenvalue weighted by Crippen LogP contribution is 2.08. The summed E-state index contributed by atoms with van der Waals surface area (Å²) in [5.41, 5.74) is 1.41. The molecule has 1 amide bonds. The Hall–Kier alpha value is -2.14. The summed E-state index contributed by atoms with van der Waals surface area (Å²) in [7, 11) is 0. The van der Waals surface area contributed by atoms with Crippen molar-refractivity contribution in [1.29, 1.82) is 0 Å². The first-order valence-electron chi connectivity index (χ1n) is 9.33. The van der Waals surface area contributed by atoms with Crippen LogP contribution in [-0.2, 0) is 17.8 Å². The van der Waals surface area contributed by atoms with Gasteiger partial charge in [0.05, 0.1) is 0 Å². The lowest BCUT2D eigenvalue weighted by atomic mass is 10.1. The van der Waals surface area contributed by atoms with Gasteiger partial charge in [-0.3, -0.25) is 9.48 Å². The fourth-order valence-electron chi connectivity index (χ4n) is 3.40. The lowest BCUT2D eigenvalue weighted by Gasteiger charge is -2.22. The lowest BCUT2D eigenvalue weighted by Crippen LogP contribution is -2.35. The van der Waals surface area contributed by atoms with Gasteiger partial charge in [0.25, 0.3) is 0 Å². The standard InChI is InChI=1S/C20H28N4O/c25-20(10-16-24-15-5-11-21-24)23-14-6-13-22(17-18-23)12-4-9-19-7-2-1-3-8-19/h1-3,5,7-8,11,15H,4,6,9-10,12-14,16-18H2. The molecule has 0 unspecified atom stereocenters. The Morgan fingerprint density at radius 2 is 1.88 bits per heavy atom. The number of aromatic nitrogens is 2. The van der Waals surface area contributed by atoms with Crippen LogP contribution < -0.4 is 0 Å². The van der Waals surface area contributed by atoms with E-state index in [1.54, 1.807) is 6.20 Å². The summed E-state index contributed by atoms with van der Waals surface area (Å²) in [5.74, 6) is 0.252. The maximum atomic E-state index is 12.4. The van der Waals surface area contributed by atoms with Gasteiger partial charge in [0.15, 0.2) is 0 Å². The summed E-state index contributed by atoms with van der Waals surface area (Å²) in [6, 6.07) is 12.6. The molecule has 1 aromatic carbocycles. The molecule has 1 saturated heterocycles. The van der Waals surface area contributed by atoms with Crippen LogP contribution in [0.3, 0.4) is 0 Å². The minimum atomic E-state index is 0.252. The van der Waals surface area contributed by atoms with Gasteiger partial charge in [-0.05, 0) is 44.0 Å². The first-order valence-corrected chi connectivity index (χ1v) is 9.33.